The zero-order valence-electron chi connectivity index (χ0n) is 7.81. The Balaban J connectivity index is 2.98. The summed E-state index contributed by atoms with van der Waals surface area (Å²) in [6.07, 6.45) is 0. The monoisotopic (exact) mass is 284 g/mol. The maximum absolute atomic E-state index is 11.8. The molecule has 0 amide bonds. The molecule has 0 aliphatic carbocycles. The molecule has 0 saturated carbocycles. The molecule has 0 radical (unpaired) electrons. The van der Waals surface area contributed by atoms with Crippen LogP contribution in [0.4, 0.5) is 0 Å². The van der Waals surface area contributed by atoms with Gasteiger partial charge in [-0.25, -0.2) is 8.42 Å². The molecule has 0 fully saturated rings. The largest absolute Gasteiger partial charge is 0.392 e. The highest BCUT2D eigenvalue weighted by molar-refractivity contribution is 7.91. The fraction of sp³-hybridized carbons (Fsp3) is 0.286. The quantitative estimate of drug-likeness (QED) is 0.847. The number of hydrogen-bond acceptors (Lipinski definition) is 4. The van der Waals surface area contributed by atoms with E-state index in [2.05, 4.69) is 12.2 Å². The van der Waals surface area contributed by atoms with Gasteiger partial charge in [-0.15, -0.1) is 11.3 Å². The summed E-state index contributed by atoms with van der Waals surface area (Å²) in [7, 11) is -2.09. The second-order valence-electron chi connectivity index (χ2n) is 2.79. The first-order valence-corrected chi connectivity index (χ1v) is 6.88. The van der Waals surface area contributed by atoms with Crippen molar-refractivity contribution in [3.8, 4) is 0 Å². The van der Waals surface area contributed by atoms with Gasteiger partial charge in [-0.2, -0.15) is 4.31 Å². The molecule has 0 unspecified atom stereocenters. The summed E-state index contributed by atoms with van der Waals surface area (Å²) >= 11 is 11.3. The lowest BCUT2D eigenvalue weighted by Gasteiger charge is -2.14. The van der Waals surface area contributed by atoms with Gasteiger partial charge >= 0.3 is 0 Å². The Morgan fingerprint density at radius 2 is 2.27 bits per heavy atom. The molecule has 1 aromatic rings. The maximum Gasteiger partial charge on any atom is 0.252 e. The van der Waals surface area contributed by atoms with Crippen LogP contribution >= 0.6 is 35.2 Å². The number of halogens is 1. The number of sulfonamides is 1. The van der Waals surface area contributed by atoms with Gasteiger partial charge in [0.2, 0.25) is 0 Å². The molecule has 1 rings (SSSR count). The first-order valence-electron chi connectivity index (χ1n) is 3.84. The van der Waals surface area contributed by atoms with Crippen molar-refractivity contribution >= 4 is 50.2 Å². The number of hydrogen-bond donors (Lipinski definition) is 1. The minimum absolute atomic E-state index is 0.0210. The summed E-state index contributed by atoms with van der Waals surface area (Å²) in [6.45, 7) is 0.0210. The normalized spacial score (nSPS) is 11.9. The summed E-state index contributed by atoms with van der Waals surface area (Å²) in [4.78, 5) is 0.128. The minimum atomic E-state index is -3.51. The predicted molar refractivity (Wildman–Crippen MR) is 65.9 cm³/mol. The van der Waals surface area contributed by atoms with Crippen LogP contribution in [0.3, 0.4) is 0 Å². The third kappa shape index (κ3) is 3.12. The van der Waals surface area contributed by atoms with Gasteiger partial charge in [-0.3, -0.25) is 0 Å². The Kier molecular flexibility index (Phi) is 4.07. The van der Waals surface area contributed by atoms with Crippen molar-refractivity contribution in [3.05, 3.63) is 16.5 Å². The van der Waals surface area contributed by atoms with Crippen LogP contribution in [0.15, 0.2) is 16.3 Å². The molecule has 15 heavy (non-hydrogen) atoms. The fourth-order valence-corrected chi connectivity index (χ4v) is 4.01. The molecular weight excluding hydrogens is 276 g/mol. The highest BCUT2D eigenvalue weighted by Crippen LogP contribution is 2.27. The fourth-order valence-electron chi connectivity index (χ4n) is 0.894. The number of thiocarbonyl (C=S) groups is 1. The maximum atomic E-state index is 11.8. The molecule has 0 bridgehead atoms. The van der Waals surface area contributed by atoms with E-state index >= 15 is 0 Å². The van der Waals surface area contributed by atoms with Gasteiger partial charge in [0.25, 0.3) is 10.0 Å². The van der Waals surface area contributed by atoms with Gasteiger partial charge < -0.3 is 5.73 Å². The smallest absolute Gasteiger partial charge is 0.252 e. The molecule has 2 N–H and O–H groups in total. The van der Waals surface area contributed by atoms with Crippen molar-refractivity contribution in [2.45, 2.75) is 4.21 Å². The van der Waals surface area contributed by atoms with Gasteiger partial charge in [0, 0.05) is 7.05 Å². The standard InChI is InChI=1S/C7H9ClN2O2S3/c1-10(4-6(9)13)15(11,12)7-3-2-5(8)14-7/h2-3H,4H2,1H3,(H2,9,13). The van der Waals surface area contributed by atoms with E-state index in [1.165, 1.54) is 19.2 Å². The number of rotatable bonds is 4. The van der Waals surface area contributed by atoms with Crippen LogP contribution in [0.25, 0.3) is 0 Å². The molecule has 0 aromatic carbocycles. The summed E-state index contributed by atoms with van der Waals surface area (Å²) in [5.74, 6) is 0. The minimum Gasteiger partial charge on any atom is -0.392 e. The molecule has 1 heterocycles. The average Bonchev–Trinajstić information content (AvgIpc) is 2.50. The second kappa shape index (κ2) is 4.75. The van der Waals surface area contributed by atoms with E-state index < -0.39 is 10.0 Å². The van der Waals surface area contributed by atoms with Crippen molar-refractivity contribution in [1.29, 1.82) is 0 Å². The van der Waals surface area contributed by atoms with Crippen LogP contribution < -0.4 is 5.73 Å². The zero-order valence-corrected chi connectivity index (χ0v) is 11.0. The highest BCUT2D eigenvalue weighted by atomic mass is 35.5. The lowest BCUT2D eigenvalue weighted by molar-refractivity contribution is 0.508. The molecule has 0 aliphatic rings. The summed E-state index contributed by atoms with van der Waals surface area (Å²) in [5.41, 5.74) is 5.28. The Hall–Kier alpha value is -0.210. The van der Waals surface area contributed by atoms with Crippen molar-refractivity contribution < 1.29 is 8.42 Å². The third-order valence-corrected chi connectivity index (χ3v) is 5.22. The van der Waals surface area contributed by atoms with Gasteiger partial charge in [0.15, 0.2) is 0 Å². The molecule has 8 heteroatoms. The van der Waals surface area contributed by atoms with Gasteiger partial charge in [-0.1, -0.05) is 23.8 Å². The molecule has 0 aliphatic heterocycles. The number of nitrogens with two attached hydrogens (primary N) is 1. The number of nitrogens with zero attached hydrogens (tertiary/aromatic N) is 1. The van der Waals surface area contributed by atoms with Gasteiger partial charge in [0.1, 0.15) is 4.21 Å². The first kappa shape index (κ1) is 12.9. The molecular formula is C7H9ClN2O2S3. The lowest BCUT2D eigenvalue weighted by Crippen LogP contribution is -2.34. The molecule has 4 nitrogen and oxygen atoms in total. The van der Waals surface area contributed by atoms with Crippen LogP contribution in [-0.2, 0) is 10.0 Å². The van der Waals surface area contributed by atoms with Crippen LogP contribution in [0, 0.1) is 0 Å². The third-order valence-electron chi connectivity index (χ3n) is 1.59. The SMILES string of the molecule is CN(CC(N)=S)S(=O)(=O)c1ccc(Cl)s1. The number of likely N-dealkylation sites (N-methyl/N-ethyl adjacent to an activating group) is 1. The summed E-state index contributed by atoms with van der Waals surface area (Å²) in [5, 5.41) is 0. The highest BCUT2D eigenvalue weighted by Gasteiger charge is 2.22. The summed E-state index contributed by atoms with van der Waals surface area (Å²) < 4.78 is 25.4. The lowest BCUT2D eigenvalue weighted by atomic mass is 10.7. The topological polar surface area (TPSA) is 63.4 Å². The van der Waals surface area contributed by atoms with Crippen LogP contribution in [-0.4, -0.2) is 31.3 Å². The van der Waals surface area contributed by atoms with E-state index in [1.807, 2.05) is 0 Å². The molecule has 1 aromatic heterocycles. The van der Waals surface area contributed by atoms with E-state index in [0.29, 0.717) is 4.34 Å². The number of thiophene rings is 1. The van der Waals surface area contributed by atoms with Crippen LogP contribution in [0.1, 0.15) is 0 Å². The van der Waals surface area contributed by atoms with Crippen molar-refractivity contribution in [2.75, 3.05) is 13.6 Å². The van der Waals surface area contributed by atoms with E-state index in [4.69, 9.17) is 17.3 Å². The van der Waals surface area contributed by atoms with Crippen molar-refractivity contribution in [1.82, 2.24) is 4.31 Å². The Morgan fingerprint density at radius 1 is 1.67 bits per heavy atom. The molecule has 84 valence electrons. The van der Waals surface area contributed by atoms with Gasteiger partial charge in [0.05, 0.1) is 15.9 Å². The Labute approximate surface area is 103 Å². The van der Waals surface area contributed by atoms with E-state index in [1.54, 1.807) is 0 Å². The Morgan fingerprint density at radius 3 is 2.67 bits per heavy atom. The van der Waals surface area contributed by atoms with Crippen LogP contribution in [0.5, 0.6) is 0 Å². The van der Waals surface area contributed by atoms with E-state index in [-0.39, 0.29) is 15.7 Å². The van der Waals surface area contributed by atoms with Gasteiger partial charge in [-0.05, 0) is 12.1 Å². The van der Waals surface area contributed by atoms with Crippen molar-refractivity contribution in [3.63, 3.8) is 0 Å². The summed E-state index contributed by atoms with van der Waals surface area (Å²) in [6, 6.07) is 2.99. The van der Waals surface area contributed by atoms with E-state index in [9.17, 15) is 8.42 Å². The zero-order chi connectivity index (χ0) is 11.6. The predicted octanol–water partition coefficient (Wildman–Crippen LogP) is 1.31. The Bertz CT molecular complexity index is 468. The van der Waals surface area contributed by atoms with Crippen molar-refractivity contribution in [2.24, 2.45) is 5.73 Å². The van der Waals surface area contributed by atoms with Crippen LogP contribution in [0.2, 0.25) is 4.34 Å². The second-order valence-corrected chi connectivity index (χ2v) is 7.30. The first-order chi connectivity index (χ1) is 6.84. The molecule has 0 atom stereocenters. The molecule has 0 spiro atoms. The molecule has 0 saturated heterocycles. The van der Waals surface area contributed by atoms with E-state index in [0.717, 1.165) is 15.6 Å². The average molecular weight is 285 g/mol.